The Morgan fingerprint density at radius 2 is 1.74 bits per heavy atom. The second-order valence-electron chi connectivity index (χ2n) is 9.28. The summed E-state index contributed by atoms with van der Waals surface area (Å²) in [5.74, 6) is 0.113. The van der Waals surface area contributed by atoms with E-state index in [9.17, 15) is 14.4 Å². The Balaban J connectivity index is 1.38. The van der Waals surface area contributed by atoms with E-state index < -0.39 is 5.92 Å². The summed E-state index contributed by atoms with van der Waals surface area (Å²) in [6.07, 6.45) is 0.152. The molecule has 0 radical (unpaired) electrons. The number of anilines is 3. The molecule has 0 saturated carbocycles. The van der Waals surface area contributed by atoms with Gasteiger partial charge in [0.25, 0.3) is 5.91 Å². The molecule has 3 aromatic rings. The van der Waals surface area contributed by atoms with E-state index in [-0.39, 0.29) is 30.2 Å². The van der Waals surface area contributed by atoms with Crippen LogP contribution >= 0.6 is 0 Å². The highest BCUT2D eigenvalue weighted by Crippen LogP contribution is 2.41. The summed E-state index contributed by atoms with van der Waals surface area (Å²) in [5, 5.41) is 2.94. The number of fused-ring (bicyclic) bond motifs is 2. The summed E-state index contributed by atoms with van der Waals surface area (Å²) in [5.41, 5.74) is 3.53. The second kappa shape index (κ2) is 8.91. The zero-order valence-corrected chi connectivity index (χ0v) is 19.9. The van der Waals surface area contributed by atoms with Crippen LogP contribution in [0.25, 0.3) is 0 Å². The minimum atomic E-state index is -0.467. The van der Waals surface area contributed by atoms with Crippen molar-refractivity contribution in [3.05, 3.63) is 77.9 Å². The number of benzene rings is 3. The van der Waals surface area contributed by atoms with Crippen molar-refractivity contribution >= 4 is 34.8 Å². The van der Waals surface area contributed by atoms with E-state index in [0.717, 1.165) is 11.3 Å². The predicted molar refractivity (Wildman–Crippen MR) is 135 cm³/mol. The topological polar surface area (TPSA) is 79.0 Å². The van der Waals surface area contributed by atoms with Crippen LogP contribution in [-0.4, -0.2) is 30.3 Å². The van der Waals surface area contributed by atoms with Gasteiger partial charge in [-0.05, 0) is 63.2 Å². The number of carbonyl (C=O) groups excluding carboxylic acids is 3. The Hall–Kier alpha value is -4.13. The van der Waals surface area contributed by atoms with Gasteiger partial charge >= 0.3 is 0 Å². The van der Waals surface area contributed by atoms with Crippen LogP contribution in [0, 0.1) is 12.8 Å². The molecule has 35 heavy (non-hydrogen) atoms. The fraction of sp³-hybridized carbons (Fsp3) is 0.250. The zero-order valence-electron chi connectivity index (χ0n) is 19.9. The molecule has 2 heterocycles. The summed E-state index contributed by atoms with van der Waals surface area (Å²) < 4.78 is 6.07. The van der Waals surface area contributed by atoms with Crippen LogP contribution in [0.2, 0.25) is 0 Å². The van der Waals surface area contributed by atoms with Gasteiger partial charge in [-0.15, -0.1) is 0 Å². The quantitative estimate of drug-likeness (QED) is 0.573. The minimum Gasteiger partial charge on any atom is -0.454 e. The highest BCUT2D eigenvalue weighted by Gasteiger charge is 2.36. The normalized spacial score (nSPS) is 17.1. The van der Waals surface area contributed by atoms with Crippen LogP contribution in [0.1, 0.15) is 36.2 Å². The molecule has 7 heteroatoms. The Bertz CT molecular complexity index is 1320. The van der Waals surface area contributed by atoms with Crippen LogP contribution in [0.15, 0.2) is 66.7 Å². The van der Waals surface area contributed by atoms with Crippen LogP contribution in [0.5, 0.6) is 11.5 Å². The molecule has 1 fully saturated rings. The zero-order chi connectivity index (χ0) is 24.7. The molecule has 178 valence electrons. The van der Waals surface area contributed by atoms with Gasteiger partial charge in [-0.2, -0.15) is 0 Å². The number of hydrogen-bond acceptors (Lipinski definition) is 4. The fourth-order valence-corrected chi connectivity index (χ4v) is 4.57. The highest BCUT2D eigenvalue weighted by molar-refractivity contribution is 6.10. The number of nitrogens with zero attached hydrogens (tertiary/aromatic N) is 2. The smallest absolute Gasteiger partial charge is 0.262 e. The van der Waals surface area contributed by atoms with Crippen molar-refractivity contribution in [3.8, 4) is 11.5 Å². The number of amides is 3. The van der Waals surface area contributed by atoms with E-state index in [4.69, 9.17) is 4.74 Å². The average Bonchev–Trinajstić information content (AvgIpc) is 3.17. The summed E-state index contributed by atoms with van der Waals surface area (Å²) >= 11 is 0. The lowest BCUT2D eigenvalue weighted by Crippen LogP contribution is -2.36. The van der Waals surface area contributed by atoms with Crippen molar-refractivity contribution in [1.29, 1.82) is 0 Å². The van der Waals surface area contributed by atoms with E-state index >= 15 is 0 Å². The van der Waals surface area contributed by atoms with Crippen molar-refractivity contribution < 1.29 is 19.1 Å². The number of para-hydroxylation sites is 1. The van der Waals surface area contributed by atoms with E-state index in [0.29, 0.717) is 35.0 Å². The first-order valence-corrected chi connectivity index (χ1v) is 11.7. The molecule has 0 spiro atoms. The van der Waals surface area contributed by atoms with Gasteiger partial charge in [-0.1, -0.05) is 29.8 Å². The fourth-order valence-electron chi connectivity index (χ4n) is 4.57. The number of nitrogens with one attached hydrogen (secondary N) is 1. The molecular formula is C28H27N3O4. The monoisotopic (exact) mass is 469 g/mol. The lowest BCUT2D eigenvalue weighted by molar-refractivity contribution is -0.122. The molecule has 5 rings (SSSR count). The second-order valence-corrected chi connectivity index (χ2v) is 9.28. The molecule has 0 aliphatic carbocycles. The Kier molecular flexibility index (Phi) is 5.76. The maximum Gasteiger partial charge on any atom is 0.262 e. The Labute approximate surface area is 204 Å². The molecule has 2 aliphatic heterocycles. The molecule has 3 amide bonds. The number of hydrogen-bond donors (Lipinski definition) is 1. The van der Waals surface area contributed by atoms with E-state index in [2.05, 4.69) is 5.32 Å². The van der Waals surface area contributed by atoms with E-state index in [1.54, 1.807) is 40.1 Å². The Morgan fingerprint density at radius 1 is 1.00 bits per heavy atom. The van der Waals surface area contributed by atoms with Gasteiger partial charge in [0.2, 0.25) is 11.8 Å². The third kappa shape index (κ3) is 4.25. The molecule has 0 aromatic heterocycles. The molecule has 1 atom stereocenters. The first-order chi connectivity index (χ1) is 16.8. The van der Waals surface area contributed by atoms with Crippen LogP contribution in [-0.2, 0) is 9.59 Å². The maximum absolute atomic E-state index is 13.3. The van der Waals surface area contributed by atoms with Crippen molar-refractivity contribution in [1.82, 2.24) is 0 Å². The van der Waals surface area contributed by atoms with Gasteiger partial charge in [-0.25, -0.2) is 0 Å². The van der Waals surface area contributed by atoms with Gasteiger partial charge in [0.15, 0.2) is 5.75 Å². The Morgan fingerprint density at radius 3 is 2.49 bits per heavy atom. The van der Waals surface area contributed by atoms with Gasteiger partial charge in [-0.3, -0.25) is 14.4 Å². The summed E-state index contributed by atoms with van der Waals surface area (Å²) in [4.78, 5) is 42.3. The summed E-state index contributed by atoms with van der Waals surface area (Å²) in [6.45, 7) is 6.19. The first kappa shape index (κ1) is 22.7. The standard InChI is InChI=1S/C28H27N3O4/c1-17(2)31-23-15-20(10-13-25(23)35-24-7-5-4-6-22(24)28(31)34)29-27(33)19-14-26(32)30(16-19)21-11-8-18(3)9-12-21/h4-13,15,17,19H,14,16H2,1-3H3,(H,29,33)/t19-/m1/s1. The van der Waals surface area contributed by atoms with Gasteiger partial charge < -0.3 is 19.9 Å². The molecule has 0 unspecified atom stereocenters. The molecule has 1 N–H and O–H groups in total. The van der Waals surface area contributed by atoms with E-state index in [1.165, 1.54) is 0 Å². The van der Waals surface area contributed by atoms with Crippen LogP contribution < -0.4 is 19.9 Å². The number of rotatable bonds is 4. The van der Waals surface area contributed by atoms with Gasteiger partial charge in [0.05, 0.1) is 17.2 Å². The SMILES string of the molecule is Cc1ccc(N2C[C@H](C(=O)Nc3ccc4c(c3)N(C(C)C)C(=O)c3ccccc3O4)CC2=O)cc1. The van der Waals surface area contributed by atoms with E-state index in [1.807, 2.05) is 57.2 Å². The summed E-state index contributed by atoms with van der Waals surface area (Å²) in [7, 11) is 0. The lowest BCUT2D eigenvalue weighted by Gasteiger charge is -2.26. The third-order valence-electron chi connectivity index (χ3n) is 6.40. The lowest BCUT2D eigenvalue weighted by atomic mass is 10.1. The number of aryl methyl sites for hydroxylation is 1. The first-order valence-electron chi connectivity index (χ1n) is 11.7. The summed E-state index contributed by atoms with van der Waals surface area (Å²) in [6, 6.07) is 20.0. The van der Waals surface area contributed by atoms with Crippen LogP contribution in [0.4, 0.5) is 17.1 Å². The predicted octanol–water partition coefficient (Wildman–Crippen LogP) is 5.15. The van der Waals surface area contributed by atoms with Crippen molar-refractivity contribution in [2.75, 3.05) is 21.7 Å². The molecule has 2 aliphatic rings. The highest BCUT2D eigenvalue weighted by atomic mass is 16.5. The molecule has 3 aromatic carbocycles. The minimum absolute atomic E-state index is 0.0707. The third-order valence-corrected chi connectivity index (χ3v) is 6.40. The number of ether oxygens (including phenoxy) is 1. The maximum atomic E-state index is 13.3. The van der Waals surface area contributed by atoms with Crippen molar-refractivity contribution in [2.24, 2.45) is 5.92 Å². The average molecular weight is 470 g/mol. The van der Waals surface area contributed by atoms with Gasteiger partial charge in [0, 0.05) is 30.4 Å². The van der Waals surface area contributed by atoms with Crippen molar-refractivity contribution in [2.45, 2.75) is 33.2 Å². The molecular weight excluding hydrogens is 442 g/mol. The molecule has 0 bridgehead atoms. The van der Waals surface area contributed by atoms with Gasteiger partial charge in [0.1, 0.15) is 5.75 Å². The molecule has 1 saturated heterocycles. The van der Waals surface area contributed by atoms with Crippen LogP contribution in [0.3, 0.4) is 0 Å². The number of carbonyl (C=O) groups is 3. The molecule has 7 nitrogen and oxygen atoms in total. The van der Waals surface area contributed by atoms with Crippen molar-refractivity contribution in [3.63, 3.8) is 0 Å². The largest absolute Gasteiger partial charge is 0.454 e.